The molecule has 1 aliphatic carbocycles. The predicted molar refractivity (Wildman–Crippen MR) is 103 cm³/mol. The normalized spacial score (nSPS) is 12.8. The number of nitrogens with one attached hydrogen (secondary N) is 2. The van der Waals surface area contributed by atoms with E-state index in [1.54, 1.807) is 0 Å². The van der Waals surface area contributed by atoms with Gasteiger partial charge in [0.2, 0.25) is 5.91 Å². The van der Waals surface area contributed by atoms with Crippen molar-refractivity contribution in [2.75, 3.05) is 10.6 Å². The Kier molecular flexibility index (Phi) is 4.01. The molecule has 1 heterocycles. The number of anilines is 2. The molecule has 126 valence electrons. The van der Waals surface area contributed by atoms with E-state index < -0.39 is 0 Å². The number of hydrogen-bond donors (Lipinski definition) is 2. The highest BCUT2D eigenvalue weighted by molar-refractivity contribution is 7.17. The van der Waals surface area contributed by atoms with Crippen LogP contribution in [0.4, 0.5) is 10.7 Å². The van der Waals surface area contributed by atoms with E-state index in [4.69, 9.17) is 0 Å². The summed E-state index contributed by atoms with van der Waals surface area (Å²) in [5.41, 5.74) is 2.50. The van der Waals surface area contributed by atoms with Gasteiger partial charge in [-0.2, -0.15) is 0 Å². The topological polar surface area (TPSA) is 58.2 Å². The Morgan fingerprint density at radius 1 is 1.00 bits per heavy atom. The highest BCUT2D eigenvalue weighted by Crippen LogP contribution is 2.39. The Hall–Kier alpha value is -2.66. The van der Waals surface area contributed by atoms with Crippen LogP contribution in [0, 0.1) is 0 Å². The van der Waals surface area contributed by atoms with Crippen LogP contribution in [0.2, 0.25) is 0 Å². The number of amides is 2. The molecule has 3 aromatic rings. The molecule has 25 heavy (non-hydrogen) atoms. The maximum absolute atomic E-state index is 13.0. The van der Waals surface area contributed by atoms with E-state index in [1.165, 1.54) is 23.1 Å². The maximum atomic E-state index is 13.0. The molecule has 0 unspecified atom stereocenters. The van der Waals surface area contributed by atoms with Crippen molar-refractivity contribution in [2.24, 2.45) is 0 Å². The molecular formula is C20H18N2O2S. The second-order valence-electron chi connectivity index (χ2n) is 6.22. The fraction of sp³-hybridized carbons (Fsp3) is 0.200. The minimum absolute atomic E-state index is 0.153. The Morgan fingerprint density at radius 3 is 2.64 bits per heavy atom. The van der Waals surface area contributed by atoms with E-state index in [9.17, 15) is 9.59 Å². The fourth-order valence-corrected chi connectivity index (χ4v) is 4.74. The number of rotatable bonds is 3. The predicted octanol–water partition coefficient (Wildman–Crippen LogP) is 4.60. The number of carbonyl (C=O) groups is 2. The summed E-state index contributed by atoms with van der Waals surface area (Å²) in [6.45, 7) is 1.47. The average molecular weight is 350 g/mol. The second kappa shape index (κ2) is 6.33. The van der Waals surface area contributed by atoms with Gasteiger partial charge in [0, 0.05) is 22.9 Å². The monoisotopic (exact) mass is 350 g/mol. The first kappa shape index (κ1) is 15.8. The van der Waals surface area contributed by atoms with E-state index in [1.807, 2.05) is 42.5 Å². The first-order valence-electron chi connectivity index (χ1n) is 8.34. The van der Waals surface area contributed by atoms with Gasteiger partial charge >= 0.3 is 0 Å². The van der Waals surface area contributed by atoms with Gasteiger partial charge in [0.15, 0.2) is 0 Å². The van der Waals surface area contributed by atoms with Gasteiger partial charge in [-0.3, -0.25) is 9.59 Å². The summed E-state index contributed by atoms with van der Waals surface area (Å²) in [5, 5.41) is 8.62. The van der Waals surface area contributed by atoms with E-state index in [0.29, 0.717) is 10.6 Å². The SMILES string of the molecule is CC(=O)Nc1sc2c(c1C(=O)Nc1cccc3ccccc13)CCC2. The zero-order valence-electron chi connectivity index (χ0n) is 13.9. The highest BCUT2D eigenvalue weighted by atomic mass is 32.1. The van der Waals surface area contributed by atoms with Gasteiger partial charge in [-0.25, -0.2) is 0 Å². The first-order chi connectivity index (χ1) is 12.1. The van der Waals surface area contributed by atoms with Crippen LogP contribution in [-0.2, 0) is 17.6 Å². The van der Waals surface area contributed by atoms with Gasteiger partial charge in [-0.15, -0.1) is 11.3 Å². The maximum Gasteiger partial charge on any atom is 0.258 e. The van der Waals surface area contributed by atoms with Gasteiger partial charge in [-0.05, 0) is 36.3 Å². The lowest BCUT2D eigenvalue weighted by molar-refractivity contribution is -0.114. The van der Waals surface area contributed by atoms with Crippen molar-refractivity contribution >= 4 is 44.6 Å². The third-order valence-electron chi connectivity index (χ3n) is 4.48. The molecule has 0 bridgehead atoms. The quantitative estimate of drug-likeness (QED) is 0.725. The standard InChI is InChI=1S/C20H18N2O2S/c1-12(23)21-20-18(15-9-5-11-17(15)25-20)19(24)22-16-10-4-7-13-6-2-3-8-14(13)16/h2-4,6-8,10H,5,9,11H2,1H3,(H,21,23)(H,22,24). The van der Waals surface area contributed by atoms with Gasteiger partial charge in [0.1, 0.15) is 5.00 Å². The number of hydrogen-bond acceptors (Lipinski definition) is 3. The molecule has 0 radical (unpaired) electrons. The first-order valence-corrected chi connectivity index (χ1v) is 9.16. The van der Waals surface area contributed by atoms with Crippen molar-refractivity contribution in [3.05, 3.63) is 58.5 Å². The van der Waals surface area contributed by atoms with Crippen LogP contribution in [0.15, 0.2) is 42.5 Å². The number of thiophene rings is 1. The molecule has 0 atom stereocenters. The number of benzene rings is 2. The molecule has 2 amide bonds. The van der Waals surface area contributed by atoms with Crippen LogP contribution in [-0.4, -0.2) is 11.8 Å². The van der Waals surface area contributed by atoms with Crippen LogP contribution in [0.5, 0.6) is 0 Å². The highest BCUT2D eigenvalue weighted by Gasteiger charge is 2.27. The lowest BCUT2D eigenvalue weighted by atomic mass is 10.1. The number of fused-ring (bicyclic) bond motifs is 2. The van der Waals surface area contributed by atoms with Crippen molar-refractivity contribution in [3.63, 3.8) is 0 Å². The van der Waals surface area contributed by atoms with Crippen LogP contribution in [0.1, 0.15) is 34.1 Å². The van der Waals surface area contributed by atoms with Crippen LogP contribution in [0.25, 0.3) is 10.8 Å². The summed E-state index contributed by atoms with van der Waals surface area (Å²) in [5.74, 6) is -0.307. The zero-order valence-corrected chi connectivity index (χ0v) is 14.7. The van der Waals surface area contributed by atoms with Gasteiger partial charge < -0.3 is 10.6 Å². The van der Waals surface area contributed by atoms with E-state index >= 15 is 0 Å². The zero-order chi connectivity index (χ0) is 17.4. The molecular weight excluding hydrogens is 332 g/mol. The molecule has 2 aromatic carbocycles. The Labute approximate surface area is 149 Å². The van der Waals surface area contributed by atoms with Crippen LogP contribution >= 0.6 is 11.3 Å². The molecule has 0 fully saturated rings. The van der Waals surface area contributed by atoms with E-state index in [-0.39, 0.29) is 11.8 Å². The third-order valence-corrected chi connectivity index (χ3v) is 5.68. The molecule has 5 heteroatoms. The fourth-order valence-electron chi connectivity index (χ4n) is 3.41. The minimum atomic E-state index is -0.154. The van der Waals surface area contributed by atoms with Crippen LogP contribution in [0.3, 0.4) is 0 Å². The molecule has 4 rings (SSSR count). The third kappa shape index (κ3) is 2.91. The van der Waals surface area contributed by atoms with Crippen molar-refractivity contribution in [1.29, 1.82) is 0 Å². The van der Waals surface area contributed by atoms with Gasteiger partial charge in [0.25, 0.3) is 5.91 Å². The van der Waals surface area contributed by atoms with Crippen molar-refractivity contribution in [3.8, 4) is 0 Å². The smallest absolute Gasteiger partial charge is 0.258 e. The Bertz CT molecular complexity index is 985. The molecule has 1 aliphatic rings. The molecule has 4 nitrogen and oxygen atoms in total. The summed E-state index contributed by atoms with van der Waals surface area (Å²) in [4.78, 5) is 25.8. The largest absolute Gasteiger partial charge is 0.321 e. The van der Waals surface area contributed by atoms with Crippen LogP contribution < -0.4 is 10.6 Å². The minimum Gasteiger partial charge on any atom is -0.321 e. The number of carbonyl (C=O) groups excluding carboxylic acids is 2. The number of aryl methyl sites for hydroxylation is 1. The van der Waals surface area contributed by atoms with Crippen molar-refractivity contribution in [1.82, 2.24) is 0 Å². The molecule has 1 aromatic heterocycles. The molecule has 0 saturated heterocycles. The van der Waals surface area contributed by atoms with Gasteiger partial charge in [0.05, 0.1) is 5.56 Å². The summed E-state index contributed by atoms with van der Waals surface area (Å²) >= 11 is 1.53. The van der Waals surface area contributed by atoms with Crippen molar-refractivity contribution < 1.29 is 9.59 Å². The van der Waals surface area contributed by atoms with Gasteiger partial charge in [-0.1, -0.05) is 36.4 Å². The molecule has 0 spiro atoms. The second-order valence-corrected chi connectivity index (χ2v) is 7.33. The van der Waals surface area contributed by atoms with Crippen molar-refractivity contribution in [2.45, 2.75) is 26.2 Å². The average Bonchev–Trinajstić information content (AvgIpc) is 3.15. The molecule has 2 N–H and O–H groups in total. The van der Waals surface area contributed by atoms with E-state index in [2.05, 4.69) is 10.6 Å². The summed E-state index contributed by atoms with van der Waals surface area (Å²) in [6.07, 6.45) is 2.94. The lowest BCUT2D eigenvalue weighted by Crippen LogP contribution is -2.16. The van der Waals surface area contributed by atoms with E-state index in [0.717, 1.165) is 41.3 Å². The molecule has 0 saturated carbocycles. The summed E-state index contributed by atoms with van der Waals surface area (Å²) in [7, 11) is 0. The Morgan fingerprint density at radius 2 is 1.80 bits per heavy atom. The summed E-state index contributed by atoms with van der Waals surface area (Å²) in [6, 6.07) is 13.8. The molecule has 0 aliphatic heterocycles. The lowest BCUT2D eigenvalue weighted by Gasteiger charge is -2.11. The Balaban J connectivity index is 1.73. The summed E-state index contributed by atoms with van der Waals surface area (Å²) < 4.78 is 0.